The molecule has 1 aliphatic carbocycles. The van der Waals surface area contributed by atoms with E-state index in [9.17, 15) is 19.2 Å². The van der Waals surface area contributed by atoms with Crippen LogP contribution in [0.1, 0.15) is 78.6 Å². The normalized spacial score (nSPS) is 20.1. The van der Waals surface area contributed by atoms with E-state index in [-0.39, 0.29) is 6.04 Å². The van der Waals surface area contributed by atoms with Gasteiger partial charge in [0.25, 0.3) is 0 Å². The number of esters is 3. The van der Waals surface area contributed by atoms with Crippen molar-refractivity contribution in [1.82, 2.24) is 4.90 Å². The monoisotopic (exact) mass is 455 g/mol. The van der Waals surface area contributed by atoms with E-state index in [4.69, 9.17) is 18.9 Å². The number of ether oxygens (including phenoxy) is 4. The van der Waals surface area contributed by atoms with Crippen molar-refractivity contribution in [3.05, 3.63) is 0 Å². The van der Waals surface area contributed by atoms with Crippen molar-refractivity contribution < 1.29 is 38.1 Å². The molecule has 9 nitrogen and oxygen atoms in total. The van der Waals surface area contributed by atoms with Crippen LogP contribution in [0.25, 0.3) is 0 Å². The van der Waals surface area contributed by atoms with Gasteiger partial charge in [-0.05, 0) is 31.6 Å². The molecule has 2 rings (SSSR count). The molecule has 0 N–H and O–H groups in total. The van der Waals surface area contributed by atoms with Crippen LogP contribution in [0.4, 0.5) is 4.79 Å². The summed E-state index contributed by atoms with van der Waals surface area (Å²) in [6, 6.07) is 0.0826. The molecule has 32 heavy (non-hydrogen) atoms. The first-order valence-electron chi connectivity index (χ1n) is 11.6. The predicted molar refractivity (Wildman–Crippen MR) is 115 cm³/mol. The number of carbonyl (C=O) groups is 4. The molecular weight excluding hydrogens is 418 g/mol. The van der Waals surface area contributed by atoms with Gasteiger partial charge in [-0.2, -0.15) is 0 Å². The summed E-state index contributed by atoms with van der Waals surface area (Å²) in [6.45, 7) is 3.06. The summed E-state index contributed by atoms with van der Waals surface area (Å²) in [6.07, 6.45) is 9.09. The Morgan fingerprint density at radius 2 is 1.19 bits per heavy atom. The van der Waals surface area contributed by atoms with Gasteiger partial charge in [-0.1, -0.05) is 32.1 Å². The topological polar surface area (TPSA) is 108 Å². The Morgan fingerprint density at radius 1 is 0.719 bits per heavy atom. The van der Waals surface area contributed by atoms with Crippen LogP contribution in [0.5, 0.6) is 0 Å². The van der Waals surface area contributed by atoms with E-state index >= 15 is 0 Å². The Balaban J connectivity index is 2.25. The summed E-state index contributed by atoms with van der Waals surface area (Å²) in [5, 5.41) is 0. The molecule has 9 heteroatoms. The van der Waals surface area contributed by atoms with Gasteiger partial charge < -0.3 is 23.8 Å². The summed E-state index contributed by atoms with van der Waals surface area (Å²) in [4.78, 5) is 49.6. The number of rotatable bonds is 8. The van der Waals surface area contributed by atoms with Crippen LogP contribution in [-0.4, -0.2) is 66.9 Å². The fourth-order valence-electron chi connectivity index (χ4n) is 4.53. The molecule has 0 spiro atoms. The highest BCUT2D eigenvalue weighted by atomic mass is 16.6. The summed E-state index contributed by atoms with van der Waals surface area (Å²) in [5.41, 5.74) is -1.62. The van der Waals surface area contributed by atoms with Crippen LogP contribution < -0.4 is 0 Å². The first-order valence-corrected chi connectivity index (χ1v) is 11.6. The van der Waals surface area contributed by atoms with Gasteiger partial charge >= 0.3 is 24.0 Å². The van der Waals surface area contributed by atoms with Crippen molar-refractivity contribution in [3.63, 3.8) is 0 Å². The molecule has 1 unspecified atom stereocenters. The molecule has 1 heterocycles. The summed E-state index contributed by atoms with van der Waals surface area (Å²) in [5.74, 6) is -1.35. The number of likely N-dealkylation sites (tertiary alicyclic amines) is 1. The van der Waals surface area contributed by atoms with Crippen LogP contribution >= 0.6 is 0 Å². The molecule has 0 aromatic carbocycles. The molecule has 1 amide bonds. The van der Waals surface area contributed by atoms with Gasteiger partial charge in [0.2, 0.25) is 5.60 Å². The molecule has 1 saturated heterocycles. The van der Waals surface area contributed by atoms with E-state index in [0.717, 1.165) is 38.5 Å². The molecule has 0 radical (unpaired) electrons. The van der Waals surface area contributed by atoms with Crippen LogP contribution in [0.15, 0.2) is 0 Å². The lowest BCUT2D eigenvalue weighted by Crippen LogP contribution is -2.54. The average molecular weight is 456 g/mol. The number of amides is 1. The highest BCUT2D eigenvalue weighted by Crippen LogP contribution is 2.34. The standard InChI is InChI=1S/C23H37NO8/c1-17(25)29-14-23(15-30-18(2)26,16-31-19(3)27)32-22(28)24-13-9-5-8-12-21(24)20-10-6-4-7-11-20/h20-21H,4-16H2,1-3H3. The SMILES string of the molecule is CC(=O)OCC(COC(C)=O)(COC(C)=O)OC(=O)N1CCCCCC1C1CCCCC1. The number of hydrogen-bond acceptors (Lipinski definition) is 8. The van der Waals surface area contributed by atoms with Crippen molar-refractivity contribution in [2.45, 2.75) is 90.2 Å². The molecule has 1 aliphatic heterocycles. The minimum atomic E-state index is -1.62. The van der Waals surface area contributed by atoms with Gasteiger partial charge in [-0.3, -0.25) is 14.4 Å². The molecule has 0 aromatic heterocycles. The quantitative estimate of drug-likeness (QED) is 0.405. The third kappa shape index (κ3) is 8.31. The van der Waals surface area contributed by atoms with Gasteiger partial charge in [0.05, 0.1) is 0 Å². The molecular formula is C23H37NO8. The summed E-state index contributed by atoms with van der Waals surface area (Å²) in [7, 11) is 0. The minimum absolute atomic E-state index is 0.0826. The van der Waals surface area contributed by atoms with Gasteiger partial charge in [-0.25, -0.2) is 4.79 Å². The summed E-state index contributed by atoms with van der Waals surface area (Å²) >= 11 is 0. The molecule has 1 saturated carbocycles. The Bertz CT molecular complexity index is 613. The first kappa shape index (κ1) is 25.9. The maximum atomic E-state index is 13.4. The van der Waals surface area contributed by atoms with Crippen molar-refractivity contribution >= 4 is 24.0 Å². The maximum absolute atomic E-state index is 13.4. The van der Waals surface area contributed by atoms with Gasteiger partial charge in [0, 0.05) is 33.4 Å². The average Bonchev–Trinajstić information content (AvgIpc) is 3.01. The van der Waals surface area contributed by atoms with Crippen LogP contribution in [0, 0.1) is 5.92 Å². The Hall–Kier alpha value is -2.32. The molecule has 182 valence electrons. The van der Waals surface area contributed by atoms with E-state index in [2.05, 4.69) is 0 Å². The lowest BCUT2D eigenvalue weighted by molar-refractivity contribution is -0.175. The predicted octanol–water partition coefficient (Wildman–Crippen LogP) is 3.38. The maximum Gasteiger partial charge on any atom is 0.410 e. The minimum Gasteiger partial charge on any atom is -0.461 e. The molecule has 1 atom stereocenters. The van der Waals surface area contributed by atoms with E-state index in [1.54, 1.807) is 4.90 Å². The Morgan fingerprint density at radius 3 is 1.69 bits per heavy atom. The Labute approximate surface area is 190 Å². The molecule has 2 fully saturated rings. The van der Waals surface area contributed by atoms with Crippen LogP contribution in [0.2, 0.25) is 0 Å². The van der Waals surface area contributed by atoms with Crippen LogP contribution in [0.3, 0.4) is 0 Å². The number of carbonyl (C=O) groups excluding carboxylic acids is 4. The molecule has 2 aliphatic rings. The number of hydrogen-bond donors (Lipinski definition) is 0. The zero-order chi connectivity index (χ0) is 23.6. The van der Waals surface area contributed by atoms with E-state index in [1.807, 2.05) is 0 Å². The fourth-order valence-corrected chi connectivity index (χ4v) is 4.53. The second kappa shape index (κ2) is 12.6. The lowest BCUT2D eigenvalue weighted by Gasteiger charge is -2.39. The highest BCUT2D eigenvalue weighted by molar-refractivity contribution is 5.70. The first-order chi connectivity index (χ1) is 15.2. The second-order valence-corrected chi connectivity index (χ2v) is 8.90. The van der Waals surface area contributed by atoms with Gasteiger partial charge in [0.1, 0.15) is 19.8 Å². The van der Waals surface area contributed by atoms with Crippen molar-refractivity contribution in [3.8, 4) is 0 Å². The molecule has 0 aromatic rings. The number of nitrogens with zero attached hydrogens (tertiary/aromatic N) is 1. The fraction of sp³-hybridized carbons (Fsp3) is 0.826. The Kier molecular flexibility index (Phi) is 10.3. The van der Waals surface area contributed by atoms with Gasteiger partial charge in [0.15, 0.2) is 0 Å². The third-order valence-corrected chi connectivity index (χ3v) is 6.15. The van der Waals surface area contributed by atoms with E-state index < -0.39 is 49.4 Å². The van der Waals surface area contributed by atoms with E-state index in [1.165, 1.54) is 40.0 Å². The summed E-state index contributed by atoms with van der Waals surface area (Å²) < 4.78 is 21.2. The lowest BCUT2D eigenvalue weighted by atomic mass is 9.82. The molecule has 0 bridgehead atoms. The van der Waals surface area contributed by atoms with Crippen molar-refractivity contribution in [2.24, 2.45) is 5.92 Å². The van der Waals surface area contributed by atoms with Crippen LogP contribution in [-0.2, 0) is 33.3 Å². The largest absolute Gasteiger partial charge is 0.461 e. The third-order valence-electron chi connectivity index (χ3n) is 6.15. The zero-order valence-electron chi connectivity index (χ0n) is 19.6. The second-order valence-electron chi connectivity index (χ2n) is 8.90. The van der Waals surface area contributed by atoms with Crippen molar-refractivity contribution in [1.29, 1.82) is 0 Å². The van der Waals surface area contributed by atoms with Gasteiger partial charge in [-0.15, -0.1) is 0 Å². The zero-order valence-corrected chi connectivity index (χ0v) is 19.6. The van der Waals surface area contributed by atoms with E-state index in [0.29, 0.717) is 12.5 Å². The van der Waals surface area contributed by atoms with Crippen molar-refractivity contribution in [2.75, 3.05) is 26.4 Å². The highest BCUT2D eigenvalue weighted by Gasteiger charge is 2.43. The smallest absolute Gasteiger partial charge is 0.410 e.